The Kier molecular flexibility index (Phi) is 9.00. The highest BCUT2D eigenvalue weighted by atomic mass is 16.5. The molecule has 92 valence electrons. The molecule has 0 aromatic carbocycles. The van der Waals surface area contributed by atoms with Crippen molar-refractivity contribution in [2.24, 2.45) is 0 Å². The highest BCUT2D eigenvalue weighted by Crippen LogP contribution is 2.12. The molecular formula is C11H24O4. The van der Waals surface area contributed by atoms with Crippen LogP contribution in [0, 0.1) is 0 Å². The molecule has 0 unspecified atom stereocenters. The van der Waals surface area contributed by atoms with E-state index in [1.807, 2.05) is 20.8 Å². The highest BCUT2D eigenvalue weighted by Gasteiger charge is 2.16. The fourth-order valence-electron chi connectivity index (χ4n) is 1.08. The van der Waals surface area contributed by atoms with Gasteiger partial charge in [0, 0.05) is 13.2 Å². The van der Waals surface area contributed by atoms with E-state index in [1.54, 1.807) is 0 Å². The van der Waals surface area contributed by atoms with E-state index in [0.29, 0.717) is 32.8 Å². The van der Waals surface area contributed by atoms with Crippen LogP contribution in [0.2, 0.25) is 0 Å². The first-order valence-electron chi connectivity index (χ1n) is 5.52. The molecule has 15 heavy (non-hydrogen) atoms. The van der Waals surface area contributed by atoms with Crippen molar-refractivity contribution in [3.05, 3.63) is 0 Å². The second-order valence-corrected chi connectivity index (χ2v) is 3.89. The van der Waals surface area contributed by atoms with Gasteiger partial charge < -0.3 is 19.3 Å². The highest BCUT2D eigenvalue weighted by molar-refractivity contribution is 4.67. The molecule has 0 atom stereocenters. The van der Waals surface area contributed by atoms with E-state index >= 15 is 0 Å². The lowest BCUT2D eigenvalue weighted by molar-refractivity contribution is -0.0611. The van der Waals surface area contributed by atoms with Gasteiger partial charge in [-0.3, -0.25) is 0 Å². The lowest BCUT2D eigenvalue weighted by Gasteiger charge is -2.24. The Morgan fingerprint density at radius 1 is 1.00 bits per heavy atom. The lowest BCUT2D eigenvalue weighted by atomic mass is 10.1. The number of aliphatic hydroxyl groups is 1. The zero-order valence-corrected chi connectivity index (χ0v) is 10.1. The average molecular weight is 220 g/mol. The Morgan fingerprint density at radius 3 is 2.20 bits per heavy atom. The van der Waals surface area contributed by atoms with Crippen LogP contribution in [0.4, 0.5) is 0 Å². The van der Waals surface area contributed by atoms with Gasteiger partial charge in [-0.15, -0.1) is 0 Å². The van der Waals surface area contributed by atoms with Gasteiger partial charge in [0.2, 0.25) is 0 Å². The lowest BCUT2D eigenvalue weighted by Crippen LogP contribution is -2.27. The molecule has 0 aliphatic heterocycles. The summed E-state index contributed by atoms with van der Waals surface area (Å²) in [6.45, 7) is 9.13. The first-order valence-corrected chi connectivity index (χ1v) is 5.52. The summed E-state index contributed by atoms with van der Waals surface area (Å²) in [6, 6.07) is 0. The monoisotopic (exact) mass is 220 g/mol. The number of hydrogen-bond acceptors (Lipinski definition) is 4. The minimum atomic E-state index is -0.266. The van der Waals surface area contributed by atoms with E-state index in [2.05, 4.69) is 0 Å². The molecule has 0 fully saturated rings. The molecule has 0 aliphatic rings. The van der Waals surface area contributed by atoms with Crippen LogP contribution < -0.4 is 0 Å². The van der Waals surface area contributed by atoms with Crippen molar-refractivity contribution in [2.45, 2.75) is 32.8 Å². The van der Waals surface area contributed by atoms with Crippen LogP contribution >= 0.6 is 0 Å². The molecule has 1 N–H and O–H groups in total. The molecule has 0 aliphatic carbocycles. The van der Waals surface area contributed by atoms with Gasteiger partial charge in [0.05, 0.1) is 32.0 Å². The van der Waals surface area contributed by atoms with Crippen molar-refractivity contribution in [2.75, 3.05) is 39.6 Å². The third-order valence-corrected chi connectivity index (χ3v) is 2.01. The molecule has 0 spiro atoms. The van der Waals surface area contributed by atoms with E-state index in [9.17, 15) is 0 Å². The van der Waals surface area contributed by atoms with Gasteiger partial charge in [0.15, 0.2) is 0 Å². The van der Waals surface area contributed by atoms with Crippen LogP contribution in [-0.4, -0.2) is 50.3 Å². The molecule has 0 radical (unpaired) electrons. The topological polar surface area (TPSA) is 47.9 Å². The first-order chi connectivity index (χ1) is 7.12. The van der Waals surface area contributed by atoms with E-state index in [1.165, 1.54) is 0 Å². The number of ether oxygens (including phenoxy) is 3. The van der Waals surface area contributed by atoms with Crippen LogP contribution in [0.25, 0.3) is 0 Å². The SMILES string of the molecule is CCOCCOCCOC(C)(C)CCO. The largest absolute Gasteiger partial charge is 0.396 e. The molecule has 4 nitrogen and oxygen atoms in total. The molecule has 0 bridgehead atoms. The maximum absolute atomic E-state index is 8.77. The van der Waals surface area contributed by atoms with Gasteiger partial charge in [-0.05, 0) is 27.2 Å². The maximum atomic E-state index is 8.77. The zero-order valence-electron chi connectivity index (χ0n) is 10.1. The van der Waals surface area contributed by atoms with Gasteiger partial charge in [-0.2, -0.15) is 0 Å². The Labute approximate surface area is 92.5 Å². The van der Waals surface area contributed by atoms with E-state index < -0.39 is 0 Å². The summed E-state index contributed by atoms with van der Waals surface area (Å²) >= 11 is 0. The van der Waals surface area contributed by atoms with Crippen molar-refractivity contribution in [1.29, 1.82) is 0 Å². The Hall–Kier alpha value is -0.160. The van der Waals surface area contributed by atoms with Crippen LogP contribution in [-0.2, 0) is 14.2 Å². The van der Waals surface area contributed by atoms with Gasteiger partial charge in [0.25, 0.3) is 0 Å². The smallest absolute Gasteiger partial charge is 0.0707 e. The van der Waals surface area contributed by atoms with Gasteiger partial charge in [-0.1, -0.05) is 0 Å². The average Bonchev–Trinajstić information content (AvgIpc) is 2.16. The molecule has 0 aromatic rings. The van der Waals surface area contributed by atoms with E-state index in [4.69, 9.17) is 19.3 Å². The van der Waals surface area contributed by atoms with Crippen molar-refractivity contribution >= 4 is 0 Å². The number of aliphatic hydroxyl groups excluding tert-OH is 1. The molecule has 4 heteroatoms. The normalized spacial score (nSPS) is 12.0. The van der Waals surface area contributed by atoms with Crippen LogP contribution in [0.3, 0.4) is 0 Å². The van der Waals surface area contributed by atoms with Crippen LogP contribution in [0.15, 0.2) is 0 Å². The predicted octanol–water partition coefficient (Wildman–Crippen LogP) is 1.22. The number of hydrogen-bond donors (Lipinski definition) is 1. The van der Waals surface area contributed by atoms with Gasteiger partial charge >= 0.3 is 0 Å². The summed E-state index contributed by atoms with van der Waals surface area (Å²) in [4.78, 5) is 0. The molecule has 0 rings (SSSR count). The van der Waals surface area contributed by atoms with Crippen molar-refractivity contribution < 1.29 is 19.3 Å². The molecule has 0 saturated heterocycles. The summed E-state index contributed by atoms with van der Waals surface area (Å²) in [7, 11) is 0. The van der Waals surface area contributed by atoms with Gasteiger partial charge in [0.1, 0.15) is 0 Å². The molecule has 0 heterocycles. The third kappa shape index (κ3) is 10.1. The predicted molar refractivity (Wildman–Crippen MR) is 59.0 cm³/mol. The Balaban J connectivity index is 3.22. The van der Waals surface area contributed by atoms with Crippen LogP contribution in [0.1, 0.15) is 27.2 Å². The first kappa shape index (κ1) is 14.8. The molecule has 0 saturated carbocycles. The fourth-order valence-corrected chi connectivity index (χ4v) is 1.08. The Bertz CT molecular complexity index is 137. The van der Waals surface area contributed by atoms with E-state index in [-0.39, 0.29) is 12.2 Å². The molecular weight excluding hydrogens is 196 g/mol. The minimum Gasteiger partial charge on any atom is -0.396 e. The van der Waals surface area contributed by atoms with Crippen molar-refractivity contribution in [1.82, 2.24) is 0 Å². The molecule has 0 amide bonds. The summed E-state index contributed by atoms with van der Waals surface area (Å²) in [6.07, 6.45) is 0.645. The minimum absolute atomic E-state index is 0.151. The Morgan fingerprint density at radius 2 is 1.60 bits per heavy atom. The second-order valence-electron chi connectivity index (χ2n) is 3.89. The standard InChI is InChI=1S/C11H24O4/c1-4-13-7-8-14-9-10-15-11(2,3)5-6-12/h12H,4-10H2,1-3H3. The van der Waals surface area contributed by atoms with Crippen LogP contribution in [0.5, 0.6) is 0 Å². The second kappa shape index (κ2) is 9.09. The van der Waals surface area contributed by atoms with Gasteiger partial charge in [-0.25, -0.2) is 0 Å². The summed E-state index contributed by atoms with van der Waals surface area (Å²) in [5.74, 6) is 0. The van der Waals surface area contributed by atoms with Crippen molar-refractivity contribution in [3.8, 4) is 0 Å². The quantitative estimate of drug-likeness (QED) is 0.562. The summed E-state index contributed by atoms with van der Waals surface area (Å²) in [5.41, 5.74) is -0.266. The third-order valence-electron chi connectivity index (χ3n) is 2.01. The summed E-state index contributed by atoms with van der Waals surface area (Å²) < 4.78 is 16.0. The fraction of sp³-hybridized carbons (Fsp3) is 1.00. The van der Waals surface area contributed by atoms with E-state index in [0.717, 1.165) is 6.61 Å². The molecule has 0 aromatic heterocycles. The summed E-state index contributed by atoms with van der Waals surface area (Å²) in [5, 5.41) is 8.77. The number of rotatable bonds is 10. The van der Waals surface area contributed by atoms with Crippen molar-refractivity contribution in [3.63, 3.8) is 0 Å². The maximum Gasteiger partial charge on any atom is 0.0707 e. The zero-order chi connectivity index (χ0) is 11.6.